The number of aromatic nitrogens is 1. The zero-order valence-corrected chi connectivity index (χ0v) is 13.4. The van der Waals surface area contributed by atoms with E-state index in [9.17, 15) is 9.59 Å². The van der Waals surface area contributed by atoms with Crippen molar-refractivity contribution in [3.63, 3.8) is 0 Å². The molecule has 2 amide bonds. The molecule has 0 bridgehead atoms. The lowest BCUT2D eigenvalue weighted by molar-refractivity contribution is -0.122. The number of anilines is 2. The van der Waals surface area contributed by atoms with Crippen molar-refractivity contribution in [2.24, 2.45) is 5.92 Å². The normalized spacial score (nSPS) is 17.8. The number of hydrogen-bond acceptors (Lipinski definition) is 4. The van der Waals surface area contributed by atoms with Crippen molar-refractivity contribution in [3.8, 4) is 0 Å². The molecule has 1 N–H and O–H groups in total. The van der Waals surface area contributed by atoms with Crippen LogP contribution in [-0.2, 0) is 9.59 Å². The number of aryl methyl sites for hydroxylation is 1. The van der Waals surface area contributed by atoms with E-state index in [0.717, 1.165) is 11.4 Å². The Morgan fingerprint density at radius 2 is 2.14 bits per heavy atom. The second-order valence-corrected chi connectivity index (χ2v) is 6.45. The highest BCUT2D eigenvalue weighted by Crippen LogP contribution is 2.27. The Hall–Kier alpha value is -1.92. The quantitative estimate of drug-likeness (QED) is 0.937. The molecule has 1 aromatic heterocycles. The third kappa shape index (κ3) is 3.13. The summed E-state index contributed by atoms with van der Waals surface area (Å²) in [7, 11) is 0. The van der Waals surface area contributed by atoms with Crippen LogP contribution in [0.1, 0.15) is 12.1 Å². The van der Waals surface area contributed by atoms with Crippen LogP contribution in [0.3, 0.4) is 0 Å². The summed E-state index contributed by atoms with van der Waals surface area (Å²) in [5, 5.41) is 4.15. The summed E-state index contributed by atoms with van der Waals surface area (Å²) >= 11 is 7.09. The smallest absolute Gasteiger partial charge is 0.230 e. The molecule has 5 nitrogen and oxygen atoms in total. The first kappa shape index (κ1) is 15.0. The minimum atomic E-state index is -0.356. The van der Waals surface area contributed by atoms with Gasteiger partial charge >= 0.3 is 0 Å². The number of carbonyl (C=O) groups is 2. The molecule has 2 aromatic rings. The van der Waals surface area contributed by atoms with E-state index in [1.54, 1.807) is 29.2 Å². The van der Waals surface area contributed by atoms with Gasteiger partial charge in [-0.15, -0.1) is 0 Å². The molecule has 7 heteroatoms. The van der Waals surface area contributed by atoms with Crippen molar-refractivity contribution in [2.75, 3.05) is 16.8 Å². The number of halogens is 1. The largest absolute Gasteiger partial charge is 0.316 e. The maximum Gasteiger partial charge on any atom is 0.230 e. The summed E-state index contributed by atoms with van der Waals surface area (Å²) in [6, 6.07) is 8.85. The van der Waals surface area contributed by atoms with Crippen LogP contribution in [0.15, 0.2) is 30.3 Å². The summed E-state index contributed by atoms with van der Waals surface area (Å²) in [6.07, 6.45) is 0.215. The van der Waals surface area contributed by atoms with Gasteiger partial charge in [-0.05, 0) is 48.8 Å². The Kier molecular flexibility index (Phi) is 4.13. The number of nitrogens with one attached hydrogen (secondary N) is 1. The van der Waals surface area contributed by atoms with Gasteiger partial charge in [0.1, 0.15) is 5.00 Å². The van der Waals surface area contributed by atoms with Crippen LogP contribution in [0, 0.1) is 12.8 Å². The lowest BCUT2D eigenvalue weighted by Gasteiger charge is -2.16. The number of nitrogens with zero attached hydrogens (tertiary/aromatic N) is 2. The van der Waals surface area contributed by atoms with E-state index >= 15 is 0 Å². The van der Waals surface area contributed by atoms with Crippen LogP contribution in [0.4, 0.5) is 10.7 Å². The molecular formula is C15H14ClN3O2S. The van der Waals surface area contributed by atoms with Gasteiger partial charge in [0, 0.05) is 23.7 Å². The SMILES string of the molecule is Cc1cc(NC(=O)C2CC(=O)N(c3ccc(Cl)cc3)C2)sn1. The van der Waals surface area contributed by atoms with Gasteiger partial charge in [-0.1, -0.05) is 11.6 Å². The molecule has 0 radical (unpaired) electrons. The molecular weight excluding hydrogens is 322 g/mol. The van der Waals surface area contributed by atoms with Gasteiger partial charge in [0.2, 0.25) is 11.8 Å². The van der Waals surface area contributed by atoms with Crippen LogP contribution in [-0.4, -0.2) is 22.7 Å². The minimum absolute atomic E-state index is 0.0528. The highest BCUT2D eigenvalue weighted by Gasteiger charge is 2.35. The molecule has 0 saturated carbocycles. The predicted molar refractivity (Wildman–Crippen MR) is 87.4 cm³/mol. The lowest BCUT2D eigenvalue weighted by atomic mass is 10.1. The summed E-state index contributed by atoms with van der Waals surface area (Å²) < 4.78 is 4.12. The second-order valence-electron chi connectivity index (χ2n) is 5.20. The van der Waals surface area contributed by atoms with Crippen molar-refractivity contribution in [2.45, 2.75) is 13.3 Å². The minimum Gasteiger partial charge on any atom is -0.316 e. The van der Waals surface area contributed by atoms with Gasteiger partial charge in [-0.2, -0.15) is 4.37 Å². The fourth-order valence-electron chi connectivity index (χ4n) is 2.40. The molecule has 0 aliphatic carbocycles. The third-order valence-electron chi connectivity index (χ3n) is 3.51. The number of carbonyl (C=O) groups excluding carboxylic acids is 2. The van der Waals surface area contributed by atoms with Gasteiger partial charge < -0.3 is 10.2 Å². The van der Waals surface area contributed by atoms with Gasteiger partial charge in [0.25, 0.3) is 0 Å². The molecule has 1 aliphatic rings. The summed E-state index contributed by atoms with van der Waals surface area (Å²) in [5.41, 5.74) is 1.63. The summed E-state index contributed by atoms with van der Waals surface area (Å²) in [5.74, 6) is -0.554. The maximum absolute atomic E-state index is 12.3. The van der Waals surface area contributed by atoms with E-state index in [2.05, 4.69) is 9.69 Å². The zero-order chi connectivity index (χ0) is 15.7. The lowest BCUT2D eigenvalue weighted by Crippen LogP contribution is -2.27. The first-order valence-electron chi connectivity index (χ1n) is 6.83. The topological polar surface area (TPSA) is 62.3 Å². The van der Waals surface area contributed by atoms with Crippen molar-refractivity contribution in [1.82, 2.24) is 4.37 Å². The number of benzene rings is 1. The fraction of sp³-hybridized carbons (Fsp3) is 0.267. The van der Waals surface area contributed by atoms with Crippen LogP contribution in [0.2, 0.25) is 5.02 Å². The molecule has 1 aromatic carbocycles. The molecule has 1 fully saturated rings. The fourth-order valence-corrected chi connectivity index (χ4v) is 3.19. The molecule has 22 heavy (non-hydrogen) atoms. The van der Waals surface area contributed by atoms with Crippen LogP contribution >= 0.6 is 23.1 Å². The Labute approximate surface area is 137 Å². The summed E-state index contributed by atoms with van der Waals surface area (Å²) in [6.45, 7) is 2.25. The van der Waals surface area contributed by atoms with E-state index in [4.69, 9.17) is 11.6 Å². The molecule has 1 aliphatic heterocycles. The Balaban J connectivity index is 1.68. The van der Waals surface area contributed by atoms with Gasteiger partial charge in [0.05, 0.1) is 11.6 Å². The van der Waals surface area contributed by atoms with Gasteiger partial charge in [-0.25, -0.2) is 0 Å². The molecule has 3 rings (SSSR count). The molecule has 1 unspecified atom stereocenters. The van der Waals surface area contributed by atoms with Crippen LogP contribution in [0.25, 0.3) is 0 Å². The van der Waals surface area contributed by atoms with Crippen LogP contribution < -0.4 is 10.2 Å². The van der Waals surface area contributed by atoms with Crippen molar-refractivity contribution in [1.29, 1.82) is 0 Å². The van der Waals surface area contributed by atoms with E-state index in [-0.39, 0.29) is 24.2 Å². The molecule has 1 saturated heterocycles. The van der Waals surface area contributed by atoms with Crippen molar-refractivity contribution < 1.29 is 9.59 Å². The Bertz CT molecular complexity index is 714. The number of hydrogen-bond donors (Lipinski definition) is 1. The van der Waals surface area contributed by atoms with Crippen molar-refractivity contribution >= 4 is 45.6 Å². The van der Waals surface area contributed by atoms with E-state index in [0.29, 0.717) is 16.6 Å². The first-order chi connectivity index (χ1) is 10.5. The molecule has 2 heterocycles. The average Bonchev–Trinajstić information content (AvgIpc) is 3.06. The molecule has 1 atom stereocenters. The predicted octanol–water partition coefficient (Wildman–Crippen LogP) is 3.10. The highest BCUT2D eigenvalue weighted by molar-refractivity contribution is 7.10. The second kappa shape index (κ2) is 6.06. The van der Waals surface area contributed by atoms with Crippen molar-refractivity contribution in [3.05, 3.63) is 41.0 Å². The van der Waals surface area contributed by atoms with Gasteiger partial charge in [-0.3, -0.25) is 9.59 Å². The first-order valence-corrected chi connectivity index (χ1v) is 7.98. The monoisotopic (exact) mass is 335 g/mol. The Morgan fingerprint density at radius 3 is 2.77 bits per heavy atom. The van der Waals surface area contributed by atoms with Gasteiger partial charge in [0.15, 0.2) is 0 Å². The zero-order valence-electron chi connectivity index (χ0n) is 11.9. The number of amides is 2. The standard InChI is InChI=1S/C15H14ClN3O2S/c1-9-6-13(22-18-9)17-15(21)10-7-14(20)19(8-10)12-4-2-11(16)3-5-12/h2-6,10H,7-8H2,1H3,(H,17,21). The maximum atomic E-state index is 12.3. The third-order valence-corrected chi connectivity index (χ3v) is 4.56. The van der Waals surface area contributed by atoms with E-state index in [1.807, 2.05) is 13.0 Å². The molecule has 0 spiro atoms. The van der Waals surface area contributed by atoms with Crippen LogP contribution in [0.5, 0.6) is 0 Å². The van der Waals surface area contributed by atoms with E-state index in [1.165, 1.54) is 11.5 Å². The Morgan fingerprint density at radius 1 is 1.41 bits per heavy atom. The molecule has 114 valence electrons. The highest BCUT2D eigenvalue weighted by atomic mass is 35.5. The average molecular weight is 336 g/mol. The summed E-state index contributed by atoms with van der Waals surface area (Å²) in [4.78, 5) is 26.0. The number of rotatable bonds is 3. The van der Waals surface area contributed by atoms with E-state index < -0.39 is 0 Å².